The van der Waals surface area contributed by atoms with Crippen LogP contribution in [0.2, 0.25) is 0 Å². The van der Waals surface area contributed by atoms with E-state index in [4.69, 9.17) is 0 Å². The van der Waals surface area contributed by atoms with Crippen LogP contribution in [0.15, 0.2) is 47.3 Å². The van der Waals surface area contributed by atoms with E-state index < -0.39 is 33.8 Å². The van der Waals surface area contributed by atoms with Crippen LogP contribution in [0.1, 0.15) is 81.0 Å². The third kappa shape index (κ3) is 6.95. The minimum absolute atomic E-state index is 0.0181. The zero-order valence-electron chi connectivity index (χ0n) is 27.3. The number of sulfone groups is 1. The molecule has 6 bridgehead atoms. The lowest BCUT2D eigenvalue weighted by Gasteiger charge is -2.38. The second-order valence-corrected chi connectivity index (χ2v) is 16.0. The maximum atomic E-state index is 16.0. The summed E-state index contributed by atoms with van der Waals surface area (Å²) in [6.07, 6.45) is 3.21. The van der Waals surface area contributed by atoms with Gasteiger partial charge in [-0.1, -0.05) is 30.7 Å². The number of anilines is 1. The van der Waals surface area contributed by atoms with Gasteiger partial charge < -0.3 is 10.6 Å². The highest BCUT2D eigenvalue weighted by Crippen LogP contribution is 2.43. The maximum Gasteiger partial charge on any atom is 0.276 e. The van der Waals surface area contributed by atoms with E-state index in [2.05, 4.69) is 15.7 Å². The largest absolute Gasteiger partial charge is 0.362 e. The van der Waals surface area contributed by atoms with Crippen LogP contribution in [-0.2, 0) is 27.6 Å². The number of aryl methyl sites for hydroxylation is 1. The quantitative estimate of drug-likeness (QED) is 0.342. The molecule has 2 unspecified atom stereocenters. The second-order valence-electron chi connectivity index (χ2n) is 13.7. The van der Waals surface area contributed by atoms with Crippen molar-refractivity contribution in [2.75, 3.05) is 36.5 Å². The Hall–Kier alpha value is -3.38. The highest BCUT2D eigenvalue weighted by atomic mass is 32.2. The Bertz CT molecular complexity index is 1810. The van der Waals surface area contributed by atoms with Crippen molar-refractivity contribution in [1.29, 1.82) is 0 Å². The summed E-state index contributed by atoms with van der Waals surface area (Å²) in [6.45, 7) is 5.00. The zero-order valence-corrected chi connectivity index (χ0v) is 28.2. The Morgan fingerprint density at radius 3 is 2.47 bits per heavy atom. The third-order valence-corrected chi connectivity index (χ3v) is 12.5. The van der Waals surface area contributed by atoms with Gasteiger partial charge in [-0.25, -0.2) is 21.9 Å². The van der Waals surface area contributed by atoms with E-state index in [9.17, 15) is 18.0 Å². The van der Waals surface area contributed by atoms with Crippen molar-refractivity contribution in [3.05, 3.63) is 69.5 Å². The normalized spacial score (nSPS) is 29.9. The zero-order chi connectivity index (χ0) is 33.5. The van der Waals surface area contributed by atoms with E-state index in [1.807, 2.05) is 36.9 Å². The fraction of sp³-hybridized carbons (Fsp3) is 0.571. The summed E-state index contributed by atoms with van der Waals surface area (Å²) in [5.41, 5.74) is 1.33. The number of carbonyl (C=O) groups is 1. The predicted molar refractivity (Wildman–Crippen MR) is 179 cm³/mol. The first-order valence-electron chi connectivity index (χ1n) is 16.8. The molecule has 2 aromatic carbocycles. The smallest absolute Gasteiger partial charge is 0.276 e. The highest BCUT2D eigenvalue weighted by Gasteiger charge is 2.43. The third-order valence-electron chi connectivity index (χ3n) is 10.7. The average molecular weight is 670 g/mol. The highest BCUT2D eigenvalue weighted by molar-refractivity contribution is 7.91. The SMILES string of the molecule is C[C@H]1Nc2nn(C)c(=O)c3ccc(cc23)C2CCS(=O)(=O)CC2CCCCNC(=O)[C@H](C)N2CCC(CC2)C(F)(F)c2cccc1c2. The topological polar surface area (TPSA) is 113 Å². The van der Waals surface area contributed by atoms with Gasteiger partial charge in [0.2, 0.25) is 5.91 Å². The first-order chi connectivity index (χ1) is 22.3. The van der Waals surface area contributed by atoms with Gasteiger partial charge in [0.15, 0.2) is 15.7 Å². The lowest BCUT2D eigenvalue weighted by molar-refractivity contribution is -0.128. The average Bonchev–Trinajstić information content (AvgIpc) is 3.05. The Kier molecular flexibility index (Phi) is 9.46. The van der Waals surface area contributed by atoms with Gasteiger partial charge >= 0.3 is 0 Å². The number of fused-ring (bicyclic) bond motifs is 9. The molecule has 3 aromatic rings. The molecule has 9 nitrogen and oxygen atoms in total. The number of nitrogens with zero attached hydrogens (tertiary/aromatic N) is 3. The van der Waals surface area contributed by atoms with Crippen LogP contribution >= 0.6 is 0 Å². The van der Waals surface area contributed by atoms with Gasteiger partial charge in [-0.3, -0.25) is 14.5 Å². The molecule has 47 heavy (non-hydrogen) atoms. The molecular weight excluding hydrogens is 624 g/mol. The van der Waals surface area contributed by atoms with Crippen molar-refractivity contribution >= 4 is 32.3 Å². The van der Waals surface area contributed by atoms with Crippen molar-refractivity contribution in [2.45, 2.75) is 76.3 Å². The minimum Gasteiger partial charge on any atom is -0.362 e. The molecule has 1 amide bonds. The van der Waals surface area contributed by atoms with Gasteiger partial charge in [0.05, 0.1) is 29.0 Å². The lowest BCUT2D eigenvalue weighted by Crippen LogP contribution is -2.49. The molecule has 2 saturated heterocycles. The summed E-state index contributed by atoms with van der Waals surface area (Å²) in [5.74, 6) is -3.43. The van der Waals surface area contributed by atoms with Crippen LogP contribution in [-0.4, -0.2) is 66.2 Å². The Labute approximate surface area is 275 Å². The first kappa shape index (κ1) is 33.5. The molecule has 254 valence electrons. The Morgan fingerprint density at radius 2 is 1.70 bits per heavy atom. The molecule has 0 aliphatic carbocycles. The van der Waals surface area contributed by atoms with E-state index in [0.29, 0.717) is 61.1 Å². The molecule has 5 heterocycles. The van der Waals surface area contributed by atoms with E-state index in [0.717, 1.165) is 12.0 Å². The van der Waals surface area contributed by atoms with E-state index >= 15 is 8.78 Å². The number of halogens is 2. The van der Waals surface area contributed by atoms with Crippen molar-refractivity contribution in [3.8, 4) is 0 Å². The molecule has 0 radical (unpaired) electrons. The van der Waals surface area contributed by atoms with Crippen molar-refractivity contribution in [3.63, 3.8) is 0 Å². The van der Waals surface area contributed by atoms with Gasteiger partial charge in [0.1, 0.15) is 0 Å². The fourth-order valence-corrected chi connectivity index (χ4v) is 9.57. The summed E-state index contributed by atoms with van der Waals surface area (Å²) in [5, 5.41) is 12.0. The molecular formula is C35H45F2N5O4S. The monoisotopic (exact) mass is 669 g/mol. The van der Waals surface area contributed by atoms with E-state index in [1.54, 1.807) is 25.2 Å². The van der Waals surface area contributed by atoms with Crippen molar-refractivity contribution in [2.24, 2.45) is 18.9 Å². The van der Waals surface area contributed by atoms with Gasteiger partial charge in [-0.15, -0.1) is 0 Å². The van der Waals surface area contributed by atoms with Gasteiger partial charge in [0, 0.05) is 30.5 Å². The maximum absolute atomic E-state index is 16.0. The number of carbonyl (C=O) groups excluding carboxylic acids is 1. The number of benzene rings is 2. The number of alkyl halides is 2. The number of piperidine rings is 1. The van der Waals surface area contributed by atoms with Crippen LogP contribution in [0.4, 0.5) is 14.6 Å². The molecule has 4 aliphatic heterocycles. The molecule has 2 N–H and O–H groups in total. The molecule has 4 aliphatic rings. The number of nitrogens with one attached hydrogen (secondary N) is 2. The number of amides is 1. The van der Waals surface area contributed by atoms with Crippen LogP contribution in [0.5, 0.6) is 0 Å². The van der Waals surface area contributed by atoms with Crippen molar-refractivity contribution < 1.29 is 22.0 Å². The summed E-state index contributed by atoms with van der Waals surface area (Å²) >= 11 is 0. The van der Waals surface area contributed by atoms with Crippen LogP contribution in [0.25, 0.3) is 10.8 Å². The summed E-state index contributed by atoms with van der Waals surface area (Å²) in [7, 11) is -1.59. The molecule has 0 spiro atoms. The van der Waals surface area contributed by atoms with Gasteiger partial charge in [-0.05, 0) is 100 Å². The van der Waals surface area contributed by atoms with Crippen LogP contribution in [0, 0.1) is 11.8 Å². The molecule has 12 heteroatoms. The summed E-state index contributed by atoms with van der Waals surface area (Å²) < 4.78 is 58.7. The molecule has 7 rings (SSSR count). The van der Waals surface area contributed by atoms with Crippen LogP contribution in [0.3, 0.4) is 0 Å². The molecule has 1 aromatic heterocycles. The predicted octanol–water partition coefficient (Wildman–Crippen LogP) is 5.12. The molecule has 0 saturated carbocycles. The summed E-state index contributed by atoms with van der Waals surface area (Å²) in [4.78, 5) is 28.1. The Balaban J connectivity index is 1.38. The lowest BCUT2D eigenvalue weighted by atomic mass is 9.81. The number of hydrogen-bond acceptors (Lipinski definition) is 7. The first-order valence-corrected chi connectivity index (χ1v) is 18.6. The van der Waals surface area contributed by atoms with Gasteiger partial charge in [0.25, 0.3) is 11.5 Å². The second kappa shape index (κ2) is 13.3. The van der Waals surface area contributed by atoms with Crippen LogP contribution < -0.4 is 16.2 Å². The van der Waals surface area contributed by atoms with E-state index in [-0.39, 0.29) is 53.2 Å². The Morgan fingerprint density at radius 1 is 0.936 bits per heavy atom. The number of hydrogen-bond donors (Lipinski definition) is 2. The minimum atomic E-state index is -3.18. The standard InChI is InChI=1S/C35H45F2N5O4S/c1-22-24-8-6-9-28(19-24)35(36,37)27-12-16-42(17-13-27)23(2)33(43)38-15-5-4-7-26-21-47(45,46)18-14-29(26)25-10-11-30-31(20-25)32(39-22)40-41(3)34(30)44/h6,8-11,19-20,22-23,26-27,29H,4-5,7,12-18,21H2,1-3H3,(H,38,43)(H,39,40)/t22-,23+,26?,29?/m1/s1. The number of rotatable bonds is 0. The molecule has 4 atom stereocenters. The van der Waals surface area contributed by atoms with Gasteiger partial charge in [-0.2, -0.15) is 5.10 Å². The van der Waals surface area contributed by atoms with E-state index in [1.165, 1.54) is 10.7 Å². The number of aromatic nitrogens is 2. The summed E-state index contributed by atoms with van der Waals surface area (Å²) in [6, 6.07) is 11.3. The molecule has 2 fully saturated rings. The fourth-order valence-electron chi connectivity index (χ4n) is 7.74. The van der Waals surface area contributed by atoms with Crippen molar-refractivity contribution in [1.82, 2.24) is 20.0 Å².